The SMILES string of the molecule is CC(=O)OC(C)(C)C1C(=O)CCCC1C. The Labute approximate surface area is 91.2 Å². The summed E-state index contributed by atoms with van der Waals surface area (Å²) in [5, 5.41) is 0. The summed E-state index contributed by atoms with van der Waals surface area (Å²) in [7, 11) is 0. The van der Waals surface area contributed by atoms with E-state index in [0.717, 1.165) is 12.8 Å². The van der Waals surface area contributed by atoms with E-state index in [1.54, 1.807) is 0 Å². The second kappa shape index (κ2) is 4.33. The van der Waals surface area contributed by atoms with Crippen molar-refractivity contribution in [3.8, 4) is 0 Å². The van der Waals surface area contributed by atoms with Gasteiger partial charge in [0.15, 0.2) is 0 Å². The van der Waals surface area contributed by atoms with E-state index in [0.29, 0.717) is 12.3 Å². The van der Waals surface area contributed by atoms with Gasteiger partial charge in [-0.25, -0.2) is 0 Å². The van der Waals surface area contributed by atoms with Crippen molar-refractivity contribution in [2.45, 2.75) is 52.6 Å². The number of ketones is 1. The van der Waals surface area contributed by atoms with Gasteiger partial charge in [0.1, 0.15) is 11.4 Å². The number of carbonyl (C=O) groups is 2. The Kier molecular flexibility index (Phi) is 3.53. The molecule has 0 amide bonds. The number of ether oxygens (including phenoxy) is 1. The lowest BCUT2D eigenvalue weighted by Gasteiger charge is -2.38. The van der Waals surface area contributed by atoms with E-state index in [9.17, 15) is 9.59 Å². The van der Waals surface area contributed by atoms with Gasteiger partial charge < -0.3 is 4.74 Å². The quantitative estimate of drug-likeness (QED) is 0.660. The topological polar surface area (TPSA) is 43.4 Å². The number of hydrogen-bond donors (Lipinski definition) is 0. The molecule has 15 heavy (non-hydrogen) atoms. The molecule has 0 aromatic carbocycles. The van der Waals surface area contributed by atoms with Gasteiger partial charge in [-0.05, 0) is 32.6 Å². The molecule has 1 rings (SSSR count). The van der Waals surface area contributed by atoms with E-state index in [1.807, 2.05) is 13.8 Å². The van der Waals surface area contributed by atoms with Gasteiger partial charge in [-0.1, -0.05) is 6.92 Å². The van der Waals surface area contributed by atoms with Crippen molar-refractivity contribution in [3.05, 3.63) is 0 Å². The first-order chi connectivity index (χ1) is 6.84. The first-order valence-electron chi connectivity index (χ1n) is 5.57. The normalized spacial score (nSPS) is 27.6. The molecule has 0 aromatic rings. The zero-order valence-corrected chi connectivity index (χ0v) is 10.0. The minimum atomic E-state index is -0.664. The van der Waals surface area contributed by atoms with E-state index in [1.165, 1.54) is 6.92 Å². The highest BCUT2D eigenvalue weighted by molar-refractivity contribution is 5.83. The summed E-state index contributed by atoms with van der Waals surface area (Å²) in [6, 6.07) is 0. The van der Waals surface area contributed by atoms with Crippen LogP contribution in [0.4, 0.5) is 0 Å². The predicted octanol–water partition coefficient (Wildman–Crippen LogP) is 2.33. The first kappa shape index (κ1) is 12.2. The van der Waals surface area contributed by atoms with Crippen LogP contribution in [-0.2, 0) is 14.3 Å². The molecule has 0 saturated heterocycles. The van der Waals surface area contributed by atoms with E-state index in [2.05, 4.69) is 6.92 Å². The molecule has 0 bridgehead atoms. The molecule has 0 aliphatic heterocycles. The molecule has 0 heterocycles. The van der Waals surface area contributed by atoms with Crippen LogP contribution in [0, 0.1) is 11.8 Å². The Morgan fingerprint density at radius 1 is 1.47 bits per heavy atom. The third kappa shape index (κ3) is 2.80. The van der Waals surface area contributed by atoms with E-state index >= 15 is 0 Å². The molecule has 0 spiro atoms. The molecule has 0 aromatic heterocycles. The van der Waals surface area contributed by atoms with Crippen LogP contribution in [0.1, 0.15) is 47.0 Å². The summed E-state index contributed by atoms with van der Waals surface area (Å²) in [5.41, 5.74) is -0.664. The van der Waals surface area contributed by atoms with Crippen LogP contribution >= 0.6 is 0 Å². The highest BCUT2D eigenvalue weighted by Gasteiger charge is 2.42. The predicted molar refractivity (Wildman–Crippen MR) is 57.4 cm³/mol. The maximum absolute atomic E-state index is 11.8. The lowest BCUT2D eigenvalue weighted by Crippen LogP contribution is -2.46. The van der Waals surface area contributed by atoms with Gasteiger partial charge in [0.25, 0.3) is 0 Å². The van der Waals surface area contributed by atoms with Crippen LogP contribution in [-0.4, -0.2) is 17.4 Å². The highest BCUT2D eigenvalue weighted by atomic mass is 16.6. The number of esters is 1. The van der Waals surface area contributed by atoms with E-state index in [4.69, 9.17) is 4.74 Å². The van der Waals surface area contributed by atoms with Crippen molar-refractivity contribution in [1.29, 1.82) is 0 Å². The van der Waals surface area contributed by atoms with Crippen molar-refractivity contribution >= 4 is 11.8 Å². The average Bonchev–Trinajstić information content (AvgIpc) is 1.99. The molecule has 1 fully saturated rings. The largest absolute Gasteiger partial charge is 0.459 e. The van der Waals surface area contributed by atoms with Crippen molar-refractivity contribution in [1.82, 2.24) is 0 Å². The van der Waals surface area contributed by atoms with E-state index < -0.39 is 5.60 Å². The Hall–Kier alpha value is -0.860. The highest BCUT2D eigenvalue weighted by Crippen LogP contribution is 2.36. The van der Waals surface area contributed by atoms with E-state index in [-0.39, 0.29) is 17.7 Å². The molecule has 2 atom stereocenters. The summed E-state index contributed by atoms with van der Waals surface area (Å²) < 4.78 is 5.26. The fourth-order valence-corrected chi connectivity index (χ4v) is 2.74. The minimum absolute atomic E-state index is 0.143. The molecular weight excluding hydrogens is 192 g/mol. The van der Waals surface area contributed by atoms with Crippen LogP contribution in [0.5, 0.6) is 0 Å². The number of rotatable bonds is 2. The fourth-order valence-electron chi connectivity index (χ4n) is 2.74. The zero-order chi connectivity index (χ0) is 11.6. The molecule has 1 saturated carbocycles. The fraction of sp³-hybridized carbons (Fsp3) is 0.833. The summed E-state index contributed by atoms with van der Waals surface area (Å²) in [5.74, 6) is 0.0846. The van der Waals surface area contributed by atoms with Crippen molar-refractivity contribution in [3.63, 3.8) is 0 Å². The lowest BCUT2D eigenvalue weighted by atomic mass is 9.71. The summed E-state index contributed by atoms with van der Waals surface area (Å²) in [4.78, 5) is 22.8. The standard InChI is InChI=1S/C12H20O3/c1-8-6-5-7-10(14)11(8)12(3,4)15-9(2)13/h8,11H,5-7H2,1-4H3. The van der Waals surface area contributed by atoms with Crippen molar-refractivity contribution in [2.75, 3.05) is 0 Å². The molecule has 0 N–H and O–H groups in total. The minimum Gasteiger partial charge on any atom is -0.459 e. The Bertz CT molecular complexity index is 268. The zero-order valence-electron chi connectivity index (χ0n) is 10.0. The van der Waals surface area contributed by atoms with Crippen molar-refractivity contribution < 1.29 is 14.3 Å². The Morgan fingerprint density at radius 3 is 2.53 bits per heavy atom. The molecule has 2 unspecified atom stereocenters. The third-order valence-corrected chi connectivity index (χ3v) is 3.15. The summed E-state index contributed by atoms with van der Waals surface area (Å²) in [6.07, 6.45) is 2.63. The maximum Gasteiger partial charge on any atom is 0.303 e. The van der Waals surface area contributed by atoms with Gasteiger partial charge in [0.2, 0.25) is 0 Å². The number of hydrogen-bond acceptors (Lipinski definition) is 3. The van der Waals surface area contributed by atoms with Gasteiger partial charge in [-0.2, -0.15) is 0 Å². The molecule has 3 nitrogen and oxygen atoms in total. The molecule has 1 aliphatic rings. The van der Waals surface area contributed by atoms with Gasteiger partial charge in [-0.15, -0.1) is 0 Å². The lowest BCUT2D eigenvalue weighted by molar-refractivity contribution is -0.165. The van der Waals surface area contributed by atoms with Crippen molar-refractivity contribution in [2.24, 2.45) is 11.8 Å². The Morgan fingerprint density at radius 2 is 2.07 bits per heavy atom. The smallest absolute Gasteiger partial charge is 0.303 e. The number of Topliss-reactive ketones (excluding diaryl/α,β-unsaturated/α-hetero) is 1. The van der Waals surface area contributed by atoms with Crippen LogP contribution in [0.15, 0.2) is 0 Å². The summed E-state index contributed by atoms with van der Waals surface area (Å²) >= 11 is 0. The second-order valence-electron chi connectivity index (χ2n) is 5.01. The van der Waals surface area contributed by atoms with Gasteiger partial charge in [-0.3, -0.25) is 9.59 Å². The molecule has 3 heteroatoms. The first-order valence-corrected chi connectivity index (χ1v) is 5.57. The van der Waals surface area contributed by atoms with Crippen LogP contribution < -0.4 is 0 Å². The van der Waals surface area contributed by atoms with Crippen LogP contribution in [0.3, 0.4) is 0 Å². The maximum atomic E-state index is 11.8. The van der Waals surface area contributed by atoms with Gasteiger partial charge >= 0.3 is 5.97 Å². The number of carbonyl (C=O) groups excluding carboxylic acids is 2. The van der Waals surface area contributed by atoms with Crippen LogP contribution in [0.2, 0.25) is 0 Å². The molecule has 0 radical (unpaired) electrons. The third-order valence-electron chi connectivity index (χ3n) is 3.15. The molecular formula is C12H20O3. The molecule has 1 aliphatic carbocycles. The monoisotopic (exact) mass is 212 g/mol. The van der Waals surface area contributed by atoms with Crippen LogP contribution in [0.25, 0.3) is 0 Å². The Balaban J connectivity index is 2.82. The second-order valence-corrected chi connectivity index (χ2v) is 5.01. The summed E-state index contributed by atoms with van der Waals surface area (Å²) in [6.45, 7) is 7.12. The van der Waals surface area contributed by atoms with Gasteiger partial charge in [0, 0.05) is 13.3 Å². The van der Waals surface area contributed by atoms with Gasteiger partial charge in [0.05, 0.1) is 5.92 Å². The molecule has 86 valence electrons. The average molecular weight is 212 g/mol.